The van der Waals surface area contributed by atoms with Gasteiger partial charge in [-0.25, -0.2) is 14.4 Å². The quantitative estimate of drug-likeness (QED) is 0.283. The first-order valence-electron chi connectivity index (χ1n) is 13.8. The van der Waals surface area contributed by atoms with Crippen molar-refractivity contribution >= 4 is 20.0 Å². The van der Waals surface area contributed by atoms with Crippen LogP contribution in [0.1, 0.15) is 53.0 Å². The van der Waals surface area contributed by atoms with Crippen molar-refractivity contribution in [3.63, 3.8) is 0 Å². The highest BCUT2D eigenvalue weighted by Crippen LogP contribution is 2.37. The fourth-order valence-corrected chi connectivity index (χ4v) is 5.08. The third kappa shape index (κ3) is 7.62. The van der Waals surface area contributed by atoms with Crippen LogP contribution >= 0.6 is 0 Å². The lowest BCUT2D eigenvalue weighted by atomic mass is 10.1. The standard InChI is InChI=1S/C29H43FN4O4Si/c1-28(2,3)39(6,7)38-20-22-9-8-10-25(26(22)30)23-15-31-27(32-16-23)34-13-11-24(12-14-34)33-37-19-21-17-35-29(4,5)36-18-21/h8-10,15-16,21H,11-14,17-20H2,1-7H3. The zero-order valence-corrected chi connectivity index (χ0v) is 25.4. The molecule has 0 radical (unpaired) electrons. The molecule has 10 heteroatoms. The second kappa shape index (κ2) is 12.0. The molecule has 2 aliphatic rings. The zero-order chi connectivity index (χ0) is 28.3. The van der Waals surface area contributed by atoms with Crippen molar-refractivity contribution in [1.82, 2.24) is 9.97 Å². The van der Waals surface area contributed by atoms with Gasteiger partial charge in [-0.15, -0.1) is 0 Å². The summed E-state index contributed by atoms with van der Waals surface area (Å²) in [5.41, 5.74) is 2.72. The largest absolute Gasteiger partial charge is 0.412 e. The Morgan fingerprint density at radius 3 is 2.36 bits per heavy atom. The molecule has 214 valence electrons. The summed E-state index contributed by atoms with van der Waals surface area (Å²) in [6.07, 6.45) is 4.95. The summed E-state index contributed by atoms with van der Waals surface area (Å²) >= 11 is 0. The number of nitrogens with zero attached hydrogens (tertiary/aromatic N) is 4. The van der Waals surface area contributed by atoms with Crippen LogP contribution in [0.2, 0.25) is 18.1 Å². The highest BCUT2D eigenvalue weighted by Gasteiger charge is 2.37. The molecule has 0 amide bonds. The predicted octanol–water partition coefficient (Wildman–Crippen LogP) is 6.18. The molecule has 0 atom stereocenters. The molecule has 0 N–H and O–H groups in total. The first-order chi connectivity index (χ1) is 18.3. The Kier molecular flexibility index (Phi) is 9.10. The van der Waals surface area contributed by atoms with E-state index in [4.69, 9.17) is 18.7 Å². The molecular weight excluding hydrogens is 515 g/mol. The van der Waals surface area contributed by atoms with E-state index in [2.05, 4.69) is 53.9 Å². The van der Waals surface area contributed by atoms with Crippen molar-refractivity contribution in [2.24, 2.45) is 11.1 Å². The Balaban J connectivity index is 1.30. The maximum atomic E-state index is 15.4. The van der Waals surface area contributed by atoms with Crippen molar-refractivity contribution in [3.05, 3.63) is 42.0 Å². The molecule has 1 aromatic heterocycles. The van der Waals surface area contributed by atoms with Gasteiger partial charge >= 0.3 is 0 Å². The van der Waals surface area contributed by atoms with Crippen molar-refractivity contribution < 1.29 is 23.1 Å². The molecule has 2 aliphatic heterocycles. The molecule has 0 unspecified atom stereocenters. The molecule has 2 fully saturated rings. The summed E-state index contributed by atoms with van der Waals surface area (Å²) in [5, 5.41) is 4.41. The first-order valence-corrected chi connectivity index (χ1v) is 16.7. The van der Waals surface area contributed by atoms with Gasteiger partial charge in [0.1, 0.15) is 12.4 Å². The minimum atomic E-state index is -1.98. The Bertz CT molecular complexity index is 1130. The van der Waals surface area contributed by atoms with Crippen molar-refractivity contribution in [2.75, 3.05) is 37.8 Å². The van der Waals surface area contributed by atoms with Gasteiger partial charge in [-0.3, -0.25) is 0 Å². The third-order valence-electron chi connectivity index (χ3n) is 7.88. The van der Waals surface area contributed by atoms with Gasteiger partial charge < -0.3 is 23.6 Å². The SMILES string of the molecule is CC1(C)OCC(CON=C2CCN(c3ncc(-c4cccc(CO[Si](C)(C)C(C)(C)C)c4F)cn3)CC2)CO1. The summed E-state index contributed by atoms with van der Waals surface area (Å²) in [4.78, 5) is 16.8. The monoisotopic (exact) mass is 558 g/mol. The van der Waals surface area contributed by atoms with Crippen LogP contribution in [0.15, 0.2) is 35.7 Å². The highest BCUT2D eigenvalue weighted by atomic mass is 28.4. The Morgan fingerprint density at radius 1 is 1.10 bits per heavy atom. The average molecular weight is 559 g/mol. The number of rotatable bonds is 8. The summed E-state index contributed by atoms with van der Waals surface area (Å²) < 4.78 is 33.0. The zero-order valence-electron chi connectivity index (χ0n) is 24.4. The average Bonchev–Trinajstić information content (AvgIpc) is 2.89. The Morgan fingerprint density at radius 2 is 1.74 bits per heavy atom. The van der Waals surface area contributed by atoms with E-state index >= 15 is 4.39 Å². The molecule has 0 aliphatic carbocycles. The number of benzene rings is 1. The molecule has 2 saturated heterocycles. The lowest BCUT2D eigenvalue weighted by Gasteiger charge is -2.36. The maximum absolute atomic E-state index is 15.4. The first kappa shape index (κ1) is 29.6. The number of oxime groups is 1. The van der Waals surface area contributed by atoms with E-state index in [1.807, 2.05) is 19.9 Å². The highest BCUT2D eigenvalue weighted by molar-refractivity contribution is 6.74. The predicted molar refractivity (Wildman–Crippen MR) is 154 cm³/mol. The molecule has 1 aromatic carbocycles. The summed E-state index contributed by atoms with van der Waals surface area (Å²) in [6.45, 7) is 18.2. The van der Waals surface area contributed by atoms with Gasteiger partial charge in [-0.2, -0.15) is 0 Å². The normalized spacial score (nSPS) is 18.8. The smallest absolute Gasteiger partial charge is 0.225 e. The Hall–Kier alpha value is -2.40. The second-order valence-corrected chi connectivity index (χ2v) is 17.2. The minimum Gasteiger partial charge on any atom is -0.412 e. The number of hydrogen-bond acceptors (Lipinski definition) is 8. The molecule has 2 aromatic rings. The van der Waals surface area contributed by atoms with Crippen LogP contribution in [-0.4, -0.2) is 62.7 Å². The Labute approximate surface area is 233 Å². The summed E-state index contributed by atoms with van der Waals surface area (Å²) in [5.74, 6) is 0.0227. The van der Waals surface area contributed by atoms with Crippen LogP contribution < -0.4 is 4.90 Å². The van der Waals surface area contributed by atoms with Gasteiger partial charge in [0.15, 0.2) is 14.1 Å². The molecule has 4 rings (SSSR count). The molecular formula is C29H43FN4O4Si. The fourth-order valence-electron chi connectivity index (χ4n) is 4.13. The van der Waals surface area contributed by atoms with Crippen LogP contribution in [0, 0.1) is 11.7 Å². The van der Waals surface area contributed by atoms with Crippen LogP contribution in [-0.2, 0) is 25.3 Å². The molecule has 0 spiro atoms. The lowest BCUT2D eigenvalue weighted by Crippen LogP contribution is -2.40. The van der Waals surface area contributed by atoms with Crippen molar-refractivity contribution in [3.8, 4) is 11.1 Å². The topological polar surface area (TPSA) is 78.3 Å². The van der Waals surface area contributed by atoms with Gasteiger partial charge in [0, 0.05) is 60.9 Å². The van der Waals surface area contributed by atoms with Crippen LogP contribution in [0.3, 0.4) is 0 Å². The van der Waals surface area contributed by atoms with E-state index in [1.54, 1.807) is 24.5 Å². The van der Waals surface area contributed by atoms with Crippen LogP contribution in [0.4, 0.5) is 10.3 Å². The van der Waals surface area contributed by atoms with Crippen molar-refractivity contribution in [2.45, 2.75) is 78.0 Å². The third-order valence-corrected chi connectivity index (χ3v) is 12.4. The van der Waals surface area contributed by atoms with Crippen molar-refractivity contribution in [1.29, 1.82) is 0 Å². The fraction of sp³-hybridized carbons (Fsp3) is 0.621. The second-order valence-electron chi connectivity index (χ2n) is 12.4. The van der Waals surface area contributed by atoms with E-state index in [1.165, 1.54) is 0 Å². The number of anilines is 1. The van der Waals surface area contributed by atoms with Gasteiger partial charge in [0.2, 0.25) is 5.95 Å². The van der Waals surface area contributed by atoms with Gasteiger partial charge in [-0.1, -0.05) is 44.1 Å². The van der Waals surface area contributed by atoms with Crippen LogP contribution in [0.5, 0.6) is 0 Å². The molecule has 0 bridgehead atoms. The molecule has 0 saturated carbocycles. The maximum Gasteiger partial charge on any atom is 0.225 e. The van der Waals surface area contributed by atoms with E-state index in [-0.39, 0.29) is 23.4 Å². The number of halogens is 1. The number of hydrogen-bond donors (Lipinski definition) is 0. The summed E-state index contributed by atoms with van der Waals surface area (Å²) in [7, 11) is -1.98. The molecule has 3 heterocycles. The van der Waals surface area contributed by atoms with Gasteiger partial charge in [0.25, 0.3) is 0 Å². The van der Waals surface area contributed by atoms with E-state index in [0.29, 0.717) is 42.5 Å². The number of ether oxygens (including phenoxy) is 2. The minimum absolute atomic E-state index is 0.0658. The van der Waals surface area contributed by atoms with E-state index in [9.17, 15) is 0 Å². The molecule has 39 heavy (non-hydrogen) atoms. The van der Waals surface area contributed by atoms with E-state index in [0.717, 1.165) is 31.6 Å². The van der Waals surface area contributed by atoms with E-state index < -0.39 is 14.1 Å². The van der Waals surface area contributed by atoms with Crippen LogP contribution in [0.25, 0.3) is 11.1 Å². The number of piperidine rings is 1. The number of aromatic nitrogens is 2. The summed E-state index contributed by atoms with van der Waals surface area (Å²) in [6, 6.07) is 5.41. The van der Waals surface area contributed by atoms with Gasteiger partial charge in [-0.05, 0) is 32.0 Å². The van der Waals surface area contributed by atoms with Gasteiger partial charge in [0.05, 0.1) is 25.5 Å². The lowest BCUT2D eigenvalue weighted by molar-refractivity contribution is -0.266. The molecule has 8 nitrogen and oxygen atoms in total.